The van der Waals surface area contributed by atoms with Gasteiger partial charge in [-0.25, -0.2) is 9.78 Å². The normalized spacial score (nSPS) is 11.6. The SMILES string of the molecule is COC(=O)[C@@H](Cc1ccccc1C#N)NC(=O)c1c2ccccc2nc2ccccc12. The van der Waals surface area contributed by atoms with E-state index in [-0.39, 0.29) is 6.42 Å². The first kappa shape index (κ1) is 20.0. The average Bonchev–Trinajstić information content (AvgIpc) is 2.81. The molecule has 0 bridgehead atoms. The molecule has 3 aromatic carbocycles. The lowest BCUT2D eigenvalue weighted by molar-refractivity contribution is -0.142. The number of nitrogens with zero attached hydrogens (tertiary/aromatic N) is 2. The van der Waals surface area contributed by atoms with E-state index in [9.17, 15) is 14.9 Å². The van der Waals surface area contributed by atoms with Gasteiger partial charge in [0.25, 0.3) is 5.91 Å². The fraction of sp³-hybridized carbons (Fsp3) is 0.120. The maximum Gasteiger partial charge on any atom is 0.328 e. The Morgan fingerprint density at radius 1 is 0.968 bits per heavy atom. The van der Waals surface area contributed by atoms with Crippen LogP contribution in [0.4, 0.5) is 0 Å². The van der Waals surface area contributed by atoms with Crippen molar-refractivity contribution in [2.24, 2.45) is 0 Å². The summed E-state index contributed by atoms with van der Waals surface area (Å²) in [5.74, 6) is -0.983. The first-order chi connectivity index (χ1) is 15.1. The molecule has 1 N–H and O–H groups in total. The number of aromatic nitrogens is 1. The first-order valence-electron chi connectivity index (χ1n) is 9.76. The molecular formula is C25H19N3O3. The van der Waals surface area contributed by atoms with E-state index in [1.165, 1.54) is 7.11 Å². The number of esters is 1. The Labute approximate surface area is 179 Å². The Bertz CT molecular complexity index is 1290. The standard InChI is InChI=1S/C25H19N3O3/c1-31-25(30)22(14-16-8-2-3-9-17(16)15-26)28-24(29)23-18-10-4-6-12-20(18)27-21-13-7-5-11-19(21)23/h2-13,22H,14H2,1H3,(H,28,29)/t22-/m1/s1. The molecule has 31 heavy (non-hydrogen) atoms. The number of amides is 1. The molecule has 0 fully saturated rings. The average molecular weight is 409 g/mol. The van der Waals surface area contributed by atoms with Crippen LogP contribution in [0.15, 0.2) is 72.8 Å². The Morgan fingerprint density at radius 3 is 2.16 bits per heavy atom. The highest BCUT2D eigenvalue weighted by atomic mass is 16.5. The maximum absolute atomic E-state index is 13.4. The predicted octanol–water partition coefficient (Wildman–Crippen LogP) is 3.77. The number of methoxy groups -OCH3 is 1. The van der Waals surface area contributed by atoms with Crippen molar-refractivity contribution < 1.29 is 14.3 Å². The molecule has 6 nitrogen and oxygen atoms in total. The van der Waals surface area contributed by atoms with Crippen LogP contribution in [0.2, 0.25) is 0 Å². The molecule has 0 saturated carbocycles. The molecule has 1 heterocycles. The summed E-state index contributed by atoms with van der Waals surface area (Å²) in [6, 6.07) is 22.9. The summed E-state index contributed by atoms with van der Waals surface area (Å²) in [5, 5.41) is 13.6. The van der Waals surface area contributed by atoms with Crippen LogP contribution < -0.4 is 5.32 Å². The van der Waals surface area contributed by atoms with Crippen molar-refractivity contribution in [3.8, 4) is 6.07 Å². The maximum atomic E-state index is 13.4. The van der Waals surface area contributed by atoms with Crippen molar-refractivity contribution in [3.05, 3.63) is 89.5 Å². The van der Waals surface area contributed by atoms with Crippen molar-refractivity contribution in [2.45, 2.75) is 12.5 Å². The van der Waals surface area contributed by atoms with Gasteiger partial charge in [0.05, 0.1) is 35.3 Å². The van der Waals surface area contributed by atoms with E-state index in [1.54, 1.807) is 24.3 Å². The summed E-state index contributed by atoms with van der Waals surface area (Å²) in [6.45, 7) is 0. The van der Waals surface area contributed by atoms with E-state index in [0.717, 1.165) is 0 Å². The largest absolute Gasteiger partial charge is 0.467 e. The summed E-state index contributed by atoms with van der Waals surface area (Å²) < 4.78 is 4.92. The number of nitriles is 1. The Kier molecular flexibility index (Phi) is 5.59. The minimum Gasteiger partial charge on any atom is -0.467 e. The van der Waals surface area contributed by atoms with Crippen LogP contribution in [0.5, 0.6) is 0 Å². The van der Waals surface area contributed by atoms with Crippen LogP contribution in [0.1, 0.15) is 21.5 Å². The molecule has 0 spiro atoms. The van der Waals surface area contributed by atoms with Crippen LogP contribution >= 0.6 is 0 Å². The zero-order chi connectivity index (χ0) is 21.8. The molecule has 1 amide bonds. The zero-order valence-electron chi connectivity index (χ0n) is 16.8. The molecule has 6 heteroatoms. The van der Waals surface area contributed by atoms with Gasteiger partial charge in [-0.2, -0.15) is 5.26 Å². The molecule has 0 aliphatic heterocycles. The van der Waals surface area contributed by atoms with E-state index in [0.29, 0.717) is 38.5 Å². The number of hydrogen-bond acceptors (Lipinski definition) is 5. The van der Waals surface area contributed by atoms with Gasteiger partial charge in [-0.15, -0.1) is 0 Å². The minimum atomic E-state index is -0.947. The van der Waals surface area contributed by atoms with E-state index in [2.05, 4.69) is 16.4 Å². The van der Waals surface area contributed by atoms with Crippen molar-refractivity contribution >= 4 is 33.7 Å². The van der Waals surface area contributed by atoms with Gasteiger partial charge in [0.2, 0.25) is 0 Å². The van der Waals surface area contributed by atoms with Crippen LogP contribution in [-0.4, -0.2) is 30.0 Å². The summed E-state index contributed by atoms with van der Waals surface area (Å²) >= 11 is 0. The first-order valence-corrected chi connectivity index (χ1v) is 9.76. The van der Waals surface area contributed by atoms with Crippen molar-refractivity contribution in [3.63, 3.8) is 0 Å². The summed E-state index contributed by atoms with van der Waals surface area (Å²) in [6.07, 6.45) is 0.142. The van der Waals surface area contributed by atoms with Crippen LogP contribution in [0.3, 0.4) is 0 Å². The van der Waals surface area contributed by atoms with Gasteiger partial charge in [-0.3, -0.25) is 4.79 Å². The highest BCUT2D eigenvalue weighted by Gasteiger charge is 2.25. The summed E-state index contributed by atoms with van der Waals surface area (Å²) in [5.41, 5.74) is 2.94. The van der Waals surface area contributed by atoms with Gasteiger partial charge in [0.1, 0.15) is 6.04 Å². The molecule has 152 valence electrons. The second-order valence-electron chi connectivity index (χ2n) is 7.04. The highest BCUT2D eigenvalue weighted by Crippen LogP contribution is 2.26. The molecule has 0 unspecified atom stereocenters. The topological polar surface area (TPSA) is 92.1 Å². The molecule has 0 radical (unpaired) electrons. The number of para-hydroxylation sites is 2. The van der Waals surface area contributed by atoms with Gasteiger partial charge in [-0.1, -0.05) is 54.6 Å². The van der Waals surface area contributed by atoms with Gasteiger partial charge < -0.3 is 10.1 Å². The van der Waals surface area contributed by atoms with E-state index in [1.807, 2.05) is 48.5 Å². The molecule has 1 atom stereocenters. The fourth-order valence-corrected chi connectivity index (χ4v) is 3.68. The lowest BCUT2D eigenvalue weighted by Crippen LogP contribution is -2.43. The predicted molar refractivity (Wildman–Crippen MR) is 117 cm³/mol. The lowest BCUT2D eigenvalue weighted by Gasteiger charge is -2.18. The number of hydrogen-bond donors (Lipinski definition) is 1. The zero-order valence-corrected chi connectivity index (χ0v) is 16.8. The van der Waals surface area contributed by atoms with E-state index in [4.69, 9.17) is 4.74 Å². The molecule has 0 aliphatic carbocycles. The number of carbonyl (C=O) groups is 2. The van der Waals surface area contributed by atoms with Crippen LogP contribution in [0, 0.1) is 11.3 Å². The second-order valence-corrected chi connectivity index (χ2v) is 7.04. The third kappa shape index (κ3) is 3.94. The third-order valence-electron chi connectivity index (χ3n) is 5.17. The van der Waals surface area contributed by atoms with Crippen molar-refractivity contribution in [1.82, 2.24) is 10.3 Å². The highest BCUT2D eigenvalue weighted by molar-refractivity contribution is 6.16. The molecular weight excluding hydrogens is 390 g/mol. The number of pyridine rings is 1. The van der Waals surface area contributed by atoms with Crippen molar-refractivity contribution in [1.29, 1.82) is 5.26 Å². The minimum absolute atomic E-state index is 0.142. The molecule has 0 saturated heterocycles. The quantitative estimate of drug-likeness (QED) is 0.400. The number of benzene rings is 3. The fourth-order valence-electron chi connectivity index (χ4n) is 3.68. The van der Waals surface area contributed by atoms with Crippen LogP contribution in [0.25, 0.3) is 21.8 Å². The Hall–Kier alpha value is -4.24. The second kappa shape index (κ2) is 8.64. The summed E-state index contributed by atoms with van der Waals surface area (Å²) in [4.78, 5) is 30.5. The van der Waals surface area contributed by atoms with Crippen LogP contribution in [-0.2, 0) is 16.0 Å². The monoisotopic (exact) mass is 409 g/mol. The molecule has 0 aliphatic rings. The smallest absolute Gasteiger partial charge is 0.328 e. The van der Waals surface area contributed by atoms with Crippen molar-refractivity contribution in [2.75, 3.05) is 7.11 Å². The third-order valence-corrected chi connectivity index (χ3v) is 5.17. The number of rotatable bonds is 5. The number of ether oxygens (including phenoxy) is 1. The van der Waals surface area contributed by atoms with Gasteiger partial charge in [0, 0.05) is 17.2 Å². The summed E-state index contributed by atoms with van der Waals surface area (Å²) in [7, 11) is 1.27. The molecule has 1 aromatic heterocycles. The van der Waals surface area contributed by atoms with E-state index >= 15 is 0 Å². The van der Waals surface area contributed by atoms with Gasteiger partial charge in [0.15, 0.2) is 0 Å². The lowest BCUT2D eigenvalue weighted by atomic mass is 9.99. The van der Waals surface area contributed by atoms with Gasteiger partial charge in [-0.05, 0) is 23.8 Å². The molecule has 4 rings (SSSR count). The Morgan fingerprint density at radius 2 is 1.55 bits per heavy atom. The number of nitrogens with one attached hydrogen (secondary N) is 1. The molecule has 4 aromatic rings. The number of fused-ring (bicyclic) bond motifs is 2. The van der Waals surface area contributed by atoms with E-state index < -0.39 is 17.9 Å². The Balaban J connectivity index is 1.76. The number of carbonyl (C=O) groups excluding carboxylic acids is 2. The van der Waals surface area contributed by atoms with Gasteiger partial charge >= 0.3 is 5.97 Å².